The minimum atomic E-state index is -4.58. The lowest BCUT2D eigenvalue weighted by Crippen LogP contribution is -2.34. The Morgan fingerprint density at radius 3 is 2.71 bits per heavy atom. The number of alkyl halides is 3. The van der Waals surface area contributed by atoms with E-state index in [-0.39, 0.29) is 17.7 Å². The summed E-state index contributed by atoms with van der Waals surface area (Å²) >= 11 is 0. The van der Waals surface area contributed by atoms with E-state index in [1.54, 1.807) is 12.3 Å². The van der Waals surface area contributed by atoms with E-state index in [0.717, 1.165) is 42.3 Å². The van der Waals surface area contributed by atoms with E-state index in [0.29, 0.717) is 34.3 Å². The van der Waals surface area contributed by atoms with Gasteiger partial charge in [0.25, 0.3) is 0 Å². The number of aryl methyl sites for hydroxylation is 2. The predicted molar refractivity (Wildman–Crippen MR) is 121 cm³/mol. The fraction of sp³-hybridized carbons (Fsp3) is 0.375. The number of benzene rings is 1. The summed E-state index contributed by atoms with van der Waals surface area (Å²) in [6.07, 6.45) is 0.966. The first-order valence-corrected chi connectivity index (χ1v) is 11.3. The average molecular weight is 468 g/mol. The first kappa shape index (κ1) is 21.2. The summed E-state index contributed by atoms with van der Waals surface area (Å²) in [5.41, 5.74) is 2.58. The molecule has 0 spiro atoms. The van der Waals surface area contributed by atoms with Crippen molar-refractivity contribution >= 4 is 16.9 Å². The standard InChI is InChI=1S/C24H23F3N6O/c1-11-21(12(2)34-33-11)13-3-5-15-16(9-28-19(15)7-13)22-17(24(25,26)27)10-29-23(32-22)31-20-8-14-4-6-18(20)30-14/h3,5,7,9-10,14,18,20,28,30H,4,6,8H2,1-2H3,(H,29,31,32)/t14-,18+,20+/m0/s1. The van der Waals surface area contributed by atoms with Crippen LogP contribution in [0.25, 0.3) is 33.3 Å². The highest BCUT2D eigenvalue weighted by atomic mass is 19.4. The maximum absolute atomic E-state index is 13.9. The maximum atomic E-state index is 13.9. The van der Waals surface area contributed by atoms with Gasteiger partial charge in [-0.2, -0.15) is 13.2 Å². The van der Waals surface area contributed by atoms with E-state index in [1.165, 1.54) is 0 Å². The monoisotopic (exact) mass is 468 g/mol. The lowest BCUT2D eigenvalue weighted by Gasteiger charge is -2.22. The van der Waals surface area contributed by atoms with Crippen molar-refractivity contribution < 1.29 is 17.7 Å². The number of fused-ring (bicyclic) bond motifs is 3. The molecular formula is C24H23F3N6O. The zero-order chi connectivity index (χ0) is 23.6. The molecule has 10 heteroatoms. The van der Waals surface area contributed by atoms with Crippen LogP contribution in [0.1, 0.15) is 36.3 Å². The van der Waals surface area contributed by atoms with Gasteiger partial charge >= 0.3 is 6.18 Å². The molecule has 3 N–H and O–H groups in total. The molecular weight excluding hydrogens is 445 g/mol. The second-order valence-corrected chi connectivity index (χ2v) is 9.15. The first-order chi connectivity index (χ1) is 16.3. The fourth-order valence-electron chi connectivity index (χ4n) is 5.39. The predicted octanol–water partition coefficient (Wildman–Crippen LogP) is 5.22. The van der Waals surface area contributed by atoms with Crippen LogP contribution in [0.5, 0.6) is 0 Å². The lowest BCUT2D eigenvalue weighted by molar-refractivity contribution is -0.137. The number of anilines is 1. The summed E-state index contributed by atoms with van der Waals surface area (Å²) in [6, 6.07) is 6.43. The second kappa shape index (κ2) is 7.56. The van der Waals surface area contributed by atoms with E-state index in [2.05, 4.69) is 30.7 Å². The van der Waals surface area contributed by atoms with Crippen molar-refractivity contribution in [2.24, 2.45) is 0 Å². The van der Waals surface area contributed by atoms with Gasteiger partial charge in [-0.3, -0.25) is 0 Å². The molecule has 5 heterocycles. The van der Waals surface area contributed by atoms with Gasteiger partial charge < -0.3 is 20.1 Å². The molecule has 3 atom stereocenters. The number of H-pyrrole nitrogens is 1. The van der Waals surface area contributed by atoms with Crippen LogP contribution >= 0.6 is 0 Å². The fourth-order valence-corrected chi connectivity index (χ4v) is 5.39. The Hall–Kier alpha value is -3.40. The lowest BCUT2D eigenvalue weighted by atomic mass is 9.96. The van der Waals surface area contributed by atoms with Crippen molar-refractivity contribution in [2.75, 3.05) is 5.32 Å². The molecule has 0 aliphatic carbocycles. The number of hydrogen-bond acceptors (Lipinski definition) is 6. The molecule has 176 valence electrons. The van der Waals surface area contributed by atoms with Crippen LogP contribution in [-0.2, 0) is 6.18 Å². The molecule has 6 rings (SSSR count). The first-order valence-electron chi connectivity index (χ1n) is 11.3. The highest BCUT2D eigenvalue weighted by Gasteiger charge is 2.40. The van der Waals surface area contributed by atoms with Crippen LogP contribution in [0.3, 0.4) is 0 Å². The molecule has 34 heavy (non-hydrogen) atoms. The summed E-state index contributed by atoms with van der Waals surface area (Å²) in [4.78, 5) is 11.5. The molecule has 2 aliphatic rings. The van der Waals surface area contributed by atoms with Gasteiger partial charge in [0, 0.05) is 52.5 Å². The minimum Gasteiger partial charge on any atom is -0.361 e. The van der Waals surface area contributed by atoms with Crippen LogP contribution in [0.2, 0.25) is 0 Å². The number of aromatic amines is 1. The van der Waals surface area contributed by atoms with Crippen molar-refractivity contribution in [2.45, 2.75) is 57.4 Å². The Balaban J connectivity index is 1.41. The molecule has 3 aromatic heterocycles. The summed E-state index contributed by atoms with van der Waals surface area (Å²) < 4.78 is 47.0. The maximum Gasteiger partial charge on any atom is 0.419 e. The molecule has 2 bridgehead atoms. The molecule has 2 saturated heterocycles. The highest BCUT2D eigenvalue weighted by molar-refractivity contribution is 5.97. The molecule has 4 aromatic rings. The zero-order valence-electron chi connectivity index (χ0n) is 18.6. The summed E-state index contributed by atoms with van der Waals surface area (Å²) in [6.45, 7) is 3.68. The van der Waals surface area contributed by atoms with Crippen LogP contribution in [-0.4, -0.2) is 38.2 Å². The summed E-state index contributed by atoms with van der Waals surface area (Å²) in [5.74, 6) is 0.897. The van der Waals surface area contributed by atoms with E-state index in [9.17, 15) is 13.2 Å². The Labute approximate surface area is 193 Å². The van der Waals surface area contributed by atoms with Gasteiger partial charge in [-0.05, 0) is 44.7 Å². The van der Waals surface area contributed by atoms with Crippen molar-refractivity contribution in [3.8, 4) is 22.4 Å². The Bertz CT molecular complexity index is 1370. The van der Waals surface area contributed by atoms with Crippen molar-refractivity contribution in [1.29, 1.82) is 0 Å². The van der Waals surface area contributed by atoms with Crippen LogP contribution < -0.4 is 10.6 Å². The molecule has 0 unspecified atom stereocenters. The number of hydrogen-bond donors (Lipinski definition) is 3. The van der Waals surface area contributed by atoms with Crippen LogP contribution in [0.15, 0.2) is 35.1 Å². The second-order valence-electron chi connectivity index (χ2n) is 9.15. The van der Waals surface area contributed by atoms with Crippen molar-refractivity contribution in [3.05, 3.63) is 47.6 Å². The number of rotatable bonds is 4. The quantitative estimate of drug-likeness (QED) is 0.380. The molecule has 7 nitrogen and oxygen atoms in total. The molecule has 0 amide bonds. The minimum absolute atomic E-state index is 0.115. The van der Waals surface area contributed by atoms with E-state index in [1.807, 2.05) is 26.0 Å². The zero-order valence-corrected chi connectivity index (χ0v) is 18.6. The Kier molecular flexibility index (Phi) is 4.70. The number of nitrogens with one attached hydrogen (secondary N) is 3. The average Bonchev–Trinajstić information content (AvgIpc) is 3.57. The Morgan fingerprint density at radius 1 is 1.18 bits per heavy atom. The molecule has 0 radical (unpaired) electrons. The largest absolute Gasteiger partial charge is 0.419 e. The Morgan fingerprint density at radius 2 is 2.03 bits per heavy atom. The third-order valence-electron chi connectivity index (χ3n) is 6.97. The van der Waals surface area contributed by atoms with Gasteiger partial charge in [-0.15, -0.1) is 0 Å². The highest BCUT2D eigenvalue weighted by Crippen LogP contribution is 2.40. The van der Waals surface area contributed by atoms with Gasteiger partial charge in [0.15, 0.2) is 0 Å². The smallest absolute Gasteiger partial charge is 0.361 e. The summed E-state index contributed by atoms with van der Waals surface area (Å²) in [5, 5.41) is 11.4. The van der Waals surface area contributed by atoms with Gasteiger partial charge in [0.1, 0.15) is 11.3 Å². The SMILES string of the molecule is Cc1noc(C)c1-c1ccc2c(-c3nc(N[C@@H]4C[C@@H]5CC[C@H]4N5)ncc3C(F)(F)F)c[nH]c2c1. The van der Waals surface area contributed by atoms with Gasteiger partial charge in [0.05, 0.1) is 11.4 Å². The van der Waals surface area contributed by atoms with Gasteiger partial charge in [0.2, 0.25) is 5.95 Å². The van der Waals surface area contributed by atoms with E-state index >= 15 is 0 Å². The van der Waals surface area contributed by atoms with Gasteiger partial charge in [-0.1, -0.05) is 17.3 Å². The molecule has 2 fully saturated rings. The normalized spacial score (nSPS) is 22.1. The van der Waals surface area contributed by atoms with Crippen LogP contribution in [0, 0.1) is 13.8 Å². The topological polar surface area (TPSA) is 91.7 Å². The van der Waals surface area contributed by atoms with E-state index in [4.69, 9.17) is 4.52 Å². The summed E-state index contributed by atoms with van der Waals surface area (Å²) in [7, 11) is 0. The molecule has 1 aromatic carbocycles. The number of halogens is 3. The molecule has 0 saturated carbocycles. The van der Waals surface area contributed by atoms with Crippen molar-refractivity contribution in [3.63, 3.8) is 0 Å². The number of nitrogens with zero attached hydrogens (tertiary/aromatic N) is 3. The van der Waals surface area contributed by atoms with Crippen LogP contribution in [0.4, 0.5) is 19.1 Å². The molecule has 2 aliphatic heterocycles. The van der Waals surface area contributed by atoms with Gasteiger partial charge in [-0.25, -0.2) is 9.97 Å². The van der Waals surface area contributed by atoms with E-state index < -0.39 is 11.7 Å². The van der Waals surface area contributed by atoms with Crippen molar-refractivity contribution in [1.82, 2.24) is 25.4 Å². The number of aromatic nitrogens is 4. The third kappa shape index (κ3) is 3.44. The third-order valence-corrected chi connectivity index (χ3v) is 6.97.